The second-order valence-electron chi connectivity index (χ2n) is 4.94. The fraction of sp³-hybridized carbons (Fsp3) is 0.417. The molecule has 0 spiro atoms. The topological polar surface area (TPSA) is 113 Å². The van der Waals surface area contributed by atoms with Gasteiger partial charge in [0.2, 0.25) is 10.0 Å². The molecule has 0 amide bonds. The van der Waals surface area contributed by atoms with Gasteiger partial charge in [-0.25, -0.2) is 13.1 Å². The maximum atomic E-state index is 12.0. The summed E-state index contributed by atoms with van der Waals surface area (Å²) in [7, 11) is -3.47. The van der Waals surface area contributed by atoms with Crippen LogP contribution in [0, 0.1) is 0 Å². The van der Waals surface area contributed by atoms with Gasteiger partial charge in [-0.3, -0.25) is 0 Å². The molecule has 1 atom stereocenters. The third-order valence-corrected chi connectivity index (χ3v) is 4.36. The number of nitrogens with one attached hydrogen (secondary N) is 3. The Morgan fingerprint density at radius 1 is 1.14 bits per heavy atom. The summed E-state index contributed by atoms with van der Waals surface area (Å²) in [5.74, 6) is 0.535. The fourth-order valence-corrected chi connectivity index (χ4v) is 3.03. The number of hydrogen-bond donors (Lipinski definition) is 3. The maximum Gasteiger partial charge on any atom is 0.240 e. The summed E-state index contributed by atoms with van der Waals surface area (Å²) < 4.78 is 26.5. The molecule has 0 aliphatic heterocycles. The second kappa shape index (κ2) is 6.19. The zero-order valence-electron chi connectivity index (χ0n) is 12.0. The quantitative estimate of drug-likeness (QED) is 0.735. The van der Waals surface area contributed by atoms with E-state index < -0.39 is 10.0 Å². The minimum Gasteiger partial charge on any atom is -0.375 e. The summed E-state index contributed by atoms with van der Waals surface area (Å²) in [6.07, 6.45) is 0. The molecule has 8 nitrogen and oxygen atoms in total. The van der Waals surface area contributed by atoms with E-state index >= 15 is 0 Å². The Morgan fingerprint density at radius 2 is 1.81 bits per heavy atom. The molecule has 21 heavy (non-hydrogen) atoms. The lowest BCUT2D eigenvalue weighted by Crippen LogP contribution is -2.30. The molecule has 0 bridgehead atoms. The molecule has 0 aliphatic carbocycles. The van der Waals surface area contributed by atoms with Gasteiger partial charge in [0, 0.05) is 11.7 Å². The van der Waals surface area contributed by atoms with Gasteiger partial charge in [0.1, 0.15) is 0 Å². The van der Waals surface area contributed by atoms with Crippen molar-refractivity contribution in [1.82, 2.24) is 25.3 Å². The molecule has 3 N–H and O–H groups in total. The fourth-order valence-electron chi connectivity index (χ4n) is 1.78. The Hall–Kier alpha value is -2.00. The molecule has 1 aromatic carbocycles. The van der Waals surface area contributed by atoms with E-state index in [4.69, 9.17) is 0 Å². The largest absolute Gasteiger partial charge is 0.375 e. The highest BCUT2D eigenvalue weighted by Crippen LogP contribution is 2.18. The highest BCUT2D eigenvalue weighted by Gasteiger charge is 2.15. The van der Waals surface area contributed by atoms with E-state index in [0.29, 0.717) is 5.82 Å². The SMILES string of the molecule is CC(C)NS(=O)(=O)c1ccc(NC(C)c2nn[nH]n2)cc1. The van der Waals surface area contributed by atoms with Gasteiger partial charge in [-0.05, 0) is 45.0 Å². The molecule has 1 unspecified atom stereocenters. The highest BCUT2D eigenvalue weighted by atomic mass is 32.2. The standard InChI is InChI=1S/C12H18N6O2S/c1-8(2)16-21(19,20)11-6-4-10(5-7-11)13-9(3)12-14-17-18-15-12/h4-9,13,16H,1-3H3,(H,14,15,17,18). The Morgan fingerprint density at radius 3 is 2.33 bits per heavy atom. The zero-order valence-corrected chi connectivity index (χ0v) is 12.8. The first kappa shape index (κ1) is 15.4. The summed E-state index contributed by atoms with van der Waals surface area (Å²) in [5.41, 5.74) is 0.774. The van der Waals surface area contributed by atoms with Crippen LogP contribution in [0.15, 0.2) is 29.2 Å². The Bertz CT molecular complexity index is 666. The number of benzene rings is 1. The van der Waals surface area contributed by atoms with Crippen LogP contribution in [0.4, 0.5) is 5.69 Å². The molecule has 1 aromatic heterocycles. The van der Waals surface area contributed by atoms with Crippen molar-refractivity contribution in [1.29, 1.82) is 0 Å². The molecule has 0 fully saturated rings. The van der Waals surface area contributed by atoms with E-state index in [1.165, 1.54) is 0 Å². The third-order valence-electron chi connectivity index (χ3n) is 2.69. The van der Waals surface area contributed by atoms with E-state index in [1.54, 1.807) is 38.1 Å². The van der Waals surface area contributed by atoms with Crippen molar-refractivity contribution >= 4 is 15.7 Å². The number of rotatable bonds is 6. The van der Waals surface area contributed by atoms with E-state index in [0.717, 1.165) is 5.69 Å². The molecule has 114 valence electrons. The van der Waals surface area contributed by atoms with Crippen LogP contribution in [0.2, 0.25) is 0 Å². The third kappa shape index (κ3) is 3.99. The van der Waals surface area contributed by atoms with E-state index in [1.807, 2.05) is 6.92 Å². The number of nitrogens with zero attached hydrogens (tertiary/aromatic N) is 3. The average Bonchev–Trinajstić information content (AvgIpc) is 2.91. The minimum absolute atomic E-state index is 0.139. The first-order chi connectivity index (χ1) is 9.88. The molecule has 9 heteroatoms. The van der Waals surface area contributed by atoms with Crippen molar-refractivity contribution in [2.45, 2.75) is 37.8 Å². The van der Waals surface area contributed by atoms with Crippen molar-refractivity contribution in [2.75, 3.05) is 5.32 Å². The van der Waals surface area contributed by atoms with Gasteiger partial charge in [-0.1, -0.05) is 5.21 Å². The first-order valence-corrected chi connectivity index (χ1v) is 7.99. The Labute approximate surface area is 123 Å². The van der Waals surface area contributed by atoms with Crippen molar-refractivity contribution in [3.05, 3.63) is 30.1 Å². The number of tetrazole rings is 1. The Kier molecular flexibility index (Phi) is 4.53. The van der Waals surface area contributed by atoms with Gasteiger partial charge in [-0.15, -0.1) is 10.2 Å². The predicted molar refractivity (Wildman–Crippen MR) is 78.1 cm³/mol. The van der Waals surface area contributed by atoms with Crippen LogP contribution in [-0.4, -0.2) is 35.1 Å². The van der Waals surface area contributed by atoms with Gasteiger partial charge in [0.05, 0.1) is 10.9 Å². The molecule has 0 radical (unpaired) electrons. The molecular formula is C12H18N6O2S. The summed E-state index contributed by atoms with van der Waals surface area (Å²) in [5, 5.41) is 16.8. The van der Waals surface area contributed by atoms with Crippen molar-refractivity contribution in [3.63, 3.8) is 0 Å². The van der Waals surface area contributed by atoms with Gasteiger partial charge < -0.3 is 5.32 Å². The number of aromatic nitrogens is 4. The monoisotopic (exact) mass is 310 g/mol. The van der Waals surface area contributed by atoms with Crippen LogP contribution in [0.3, 0.4) is 0 Å². The molecule has 0 saturated carbocycles. The highest BCUT2D eigenvalue weighted by molar-refractivity contribution is 7.89. The lowest BCUT2D eigenvalue weighted by molar-refractivity contribution is 0.570. The number of anilines is 1. The summed E-state index contributed by atoms with van der Waals surface area (Å²) in [6, 6.07) is 6.22. The molecule has 2 rings (SSSR count). The number of H-pyrrole nitrogens is 1. The maximum absolute atomic E-state index is 12.0. The number of hydrogen-bond acceptors (Lipinski definition) is 6. The summed E-state index contributed by atoms with van der Waals surface area (Å²) in [6.45, 7) is 5.44. The van der Waals surface area contributed by atoms with E-state index in [9.17, 15) is 8.42 Å². The van der Waals surface area contributed by atoms with Gasteiger partial charge in [-0.2, -0.15) is 5.21 Å². The molecule has 0 saturated heterocycles. The van der Waals surface area contributed by atoms with Gasteiger partial charge in [0.25, 0.3) is 0 Å². The van der Waals surface area contributed by atoms with Crippen LogP contribution in [0.5, 0.6) is 0 Å². The average molecular weight is 310 g/mol. The molecule has 2 aromatic rings. The van der Waals surface area contributed by atoms with Crippen LogP contribution in [0.1, 0.15) is 32.6 Å². The second-order valence-corrected chi connectivity index (χ2v) is 6.65. The van der Waals surface area contributed by atoms with Gasteiger partial charge >= 0.3 is 0 Å². The summed E-state index contributed by atoms with van der Waals surface area (Å²) >= 11 is 0. The lowest BCUT2D eigenvalue weighted by atomic mass is 10.2. The minimum atomic E-state index is -3.47. The predicted octanol–water partition coefficient (Wildman–Crippen LogP) is 1.06. The Balaban J connectivity index is 2.09. The number of sulfonamides is 1. The zero-order chi connectivity index (χ0) is 15.5. The molecular weight excluding hydrogens is 292 g/mol. The first-order valence-electron chi connectivity index (χ1n) is 6.51. The van der Waals surface area contributed by atoms with E-state index in [2.05, 4.69) is 30.7 Å². The van der Waals surface area contributed by atoms with Crippen LogP contribution < -0.4 is 10.0 Å². The smallest absolute Gasteiger partial charge is 0.240 e. The number of aromatic amines is 1. The van der Waals surface area contributed by atoms with Crippen LogP contribution in [-0.2, 0) is 10.0 Å². The van der Waals surface area contributed by atoms with Crippen molar-refractivity contribution in [3.8, 4) is 0 Å². The van der Waals surface area contributed by atoms with Crippen molar-refractivity contribution in [2.24, 2.45) is 0 Å². The van der Waals surface area contributed by atoms with Gasteiger partial charge in [0.15, 0.2) is 5.82 Å². The van der Waals surface area contributed by atoms with Crippen LogP contribution in [0.25, 0.3) is 0 Å². The normalized spacial score (nSPS) is 13.3. The van der Waals surface area contributed by atoms with Crippen molar-refractivity contribution < 1.29 is 8.42 Å². The summed E-state index contributed by atoms with van der Waals surface area (Å²) in [4.78, 5) is 0.231. The molecule has 0 aliphatic rings. The molecule has 1 heterocycles. The lowest BCUT2D eigenvalue weighted by Gasteiger charge is -2.13. The van der Waals surface area contributed by atoms with E-state index in [-0.39, 0.29) is 17.0 Å². The van der Waals surface area contributed by atoms with Crippen LogP contribution >= 0.6 is 0 Å².